The van der Waals surface area contributed by atoms with Crippen molar-refractivity contribution in [2.75, 3.05) is 0 Å². The summed E-state index contributed by atoms with van der Waals surface area (Å²) in [4.78, 5) is 0. The van der Waals surface area contributed by atoms with Crippen molar-refractivity contribution < 1.29 is 4.42 Å². The first-order chi connectivity index (χ1) is 11.8. The van der Waals surface area contributed by atoms with E-state index >= 15 is 0 Å². The predicted molar refractivity (Wildman–Crippen MR) is 90.4 cm³/mol. The number of thioether (sulfide) groups is 1. The Balaban J connectivity index is 1.61. The molecule has 4 aromatic rings. The van der Waals surface area contributed by atoms with Crippen LogP contribution in [0.3, 0.4) is 0 Å². The van der Waals surface area contributed by atoms with Crippen LogP contribution in [0, 0.1) is 11.3 Å². The van der Waals surface area contributed by atoms with Crippen LogP contribution in [0.4, 0.5) is 0 Å². The van der Waals surface area contributed by atoms with E-state index in [4.69, 9.17) is 4.42 Å². The van der Waals surface area contributed by atoms with E-state index in [-0.39, 0.29) is 0 Å². The van der Waals surface area contributed by atoms with Crippen molar-refractivity contribution >= 4 is 17.3 Å². The van der Waals surface area contributed by atoms with Crippen molar-refractivity contribution in [1.82, 2.24) is 19.2 Å². The van der Waals surface area contributed by atoms with Crippen LogP contribution in [0.2, 0.25) is 0 Å². The summed E-state index contributed by atoms with van der Waals surface area (Å²) >= 11 is 1.55. The number of nitrogens with zero attached hydrogens (tertiary/aromatic N) is 5. The van der Waals surface area contributed by atoms with E-state index in [1.165, 1.54) is 0 Å². The average molecular weight is 335 g/mol. The normalized spacial score (nSPS) is 11.0. The number of pyridine rings is 1. The van der Waals surface area contributed by atoms with Crippen LogP contribution in [0.5, 0.6) is 0 Å². The SMILES string of the molecule is Cn1c(SCc2cn3ccccc3c2C#N)nnc1-c1ccco1. The number of furan rings is 1. The fourth-order valence-corrected chi connectivity index (χ4v) is 3.50. The van der Waals surface area contributed by atoms with Gasteiger partial charge in [0.05, 0.1) is 17.3 Å². The average Bonchev–Trinajstić information content (AvgIpc) is 3.31. The number of aromatic nitrogens is 4. The molecule has 0 saturated carbocycles. The van der Waals surface area contributed by atoms with E-state index in [1.807, 2.05) is 58.7 Å². The molecule has 0 fully saturated rings. The van der Waals surface area contributed by atoms with Crippen molar-refractivity contribution in [3.63, 3.8) is 0 Å². The van der Waals surface area contributed by atoms with Crippen LogP contribution in [0.1, 0.15) is 11.1 Å². The van der Waals surface area contributed by atoms with Gasteiger partial charge in [-0.25, -0.2) is 0 Å². The molecule has 118 valence electrons. The van der Waals surface area contributed by atoms with Gasteiger partial charge >= 0.3 is 0 Å². The quantitative estimate of drug-likeness (QED) is 0.534. The van der Waals surface area contributed by atoms with E-state index in [2.05, 4.69) is 16.3 Å². The maximum atomic E-state index is 9.47. The molecule has 0 aliphatic carbocycles. The molecule has 4 heterocycles. The number of hydrogen-bond donors (Lipinski definition) is 0. The molecule has 0 saturated heterocycles. The van der Waals surface area contributed by atoms with Gasteiger partial charge in [0.1, 0.15) is 6.07 Å². The van der Waals surface area contributed by atoms with Crippen LogP contribution < -0.4 is 0 Å². The van der Waals surface area contributed by atoms with Crippen molar-refractivity contribution in [2.45, 2.75) is 10.9 Å². The van der Waals surface area contributed by atoms with Crippen LogP contribution in [0.15, 0.2) is 58.6 Å². The van der Waals surface area contributed by atoms with Crippen molar-refractivity contribution in [3.8, 4) is 17.7 Å². The minimum absolute atomic E-state index is 0.648. The standard InChI is InChI=1S/C17H13N5OS/c1-21-16(15-6-4-8-23-15)19-20-17(21)24-11-12-10-22-7-3-2-5-14(22)13(12)9-18/h2-8,10H,11H2,1H3. The molecule has 0 aliphatic rings. The summed E-state index contributed by atoms with van der Waals surface area (Å²) in [5.74, 6) is 2.02. The highest BCUT2D eigenvalue weighted by Gasteiger charge is 2.15. The third kappa shape index (κ3) is 2.37. The smallest absolute Gasteiger partial charge is 0.200 e. The Kier molecular flexibility index (Phi) is 3.59. The first-order valence-corrected chi connectivity index (χ1v) is 8.31. The van der Waals surface area contributed by atoms with Crippen molar-refractivity contribution in [3.05, 3.63) is 60.1 Å². The zero-order valence-corrected chi connectivity index (χ0v) is 13.7. The topological polar surface area (TPSA) is 72.0 Å². The van der Waals surface area contributed by atoms with E-state index in [9.17, 15) is 5.26 Å². The second-order valence-corrected chi connectivity index (χ2v) is 6.21. The zero-order valence-electron chi connectivity index (χ0n) is 12.9. The van der Waals surface area contributed by atoms with Crippen molar-refractivity contribution in [2.24, 2.45) is 7.05 Å². The van der Waals surface area contributed by atoms with E-state index in [0.29, 0.717) is 22.9 Å². The first-order valence-electron chi connectivity index (χ1n) is 7.32. The van der Waals surface area contributed by atoms with E-state index in [0.717, 1.165) is 16.2 Å². The summed E-state index contributed by atoms with van der Waals surface area (Å²) in [5.41, 5.74) is 2.61. The summed E-state index contributed by atoms with van der Waals surface area (Å²) in [6, 6.07) is 11.8. The van der Waals surface area contributed by atoms with Crippen LogP contribution in [-0.4, -0.2) is 19.2 Å². The minimum atomic E-state index is 0.648. The molecular formula is C17H13N5OS. The van der Waals surface area contributed by atoms with Crippen LogP contribution in [-0.2, 0) is 12.8 Å². The first kappa shape index (κ1) is 14.6. The maximum Gasteiger partial charge on any atom is 0.200 e. The second kappa shape index (κ2) is 5.91. The van der Waals surface area contributed by atoms with Gasteiger partial charge in [0.15, 0.2) is 16.7 Å². The molecule has 4 aromatic heterocycles. The molecule has 4 rings (SSSR count). The third-order valence-electron chi connectivity index (χ3n) is 3.81. The Hall–Kier alpha value is -2.98. The van der Waals surface area contributed by atoms with Crippen molar-refractivity contribution in [1.29, 1.82) is 5.26 Å². The highest BCUT2D eigenvalue weighted by Crippen LogP contribution is 2.28. The van der Waals surface area contributed by atoms with Gasteiger partial charge in [-0.3, -0.25) is 0 Å². The van der Waals surface area contributed by atoms with Crippen LogP contribution in [0.25, 0.3) is 17.1 Å². The molecule has 0 aromatic carbocycles. The molecule has 0 unspecified atom stereocenters. The van der Waals surface area contributed by atoms with Gasteiger partial charge in [0.2, 0.25) is 0 Å². The molecule has 0 atom stereocenters. The highest BCUT2D eigenvalue weighted by molar-refractivity contribution is 7.98. The van der Waals surface area contributed by atoms with Gasteiger partial charge in [0, 0.05) is 25.2 Å². The number of nitriles is 1. The molecule has 0 radical (unpaired) electrons. The van der Waals surface area contributed by atoms with Gasteiger partial charge in [0.25, 0.3) is 0 Å². The molecule has 0 spiro atoms. The Morgan fingerprint density at radius 2 is 2.17 bits per heavy atom. The lowest BCUT2D eigenvalue weighted by atomic mass is 10.2. The monoisotopic (exact) mass is 335 g/mol. The molecule has 0 N–H and O–H groups in total. The molecular weight excluding hydrogens is 322 g/mol. The molecule has 6 nitrogen and oxygen atoms in total. The lowest BCUT2D eigenvalue weighted by Crippen LogP contribution is -1.94. The van der Waals surface area contributed by atoms with Gasteiger partial charge in [-0.1, -0.05) is 17.8 Å². The van der Waals surface area contributed by atoms with E-state index in [1.54, 1.807) is 18.0 Å². The summed E-state index contributed by atoms with van der Waals surface area (Å²) in [6.07, 6.45) is 5.55. The molecule has 0 amide bonds. The van der Waals surface area contributed by atoms with Gasteiger partial charge in [-0.15, -0.1) is 10.2 Å². The molecule has 7 heteroatoms. The van der Waals surface area contributed by atoms with Gasteiger partial charge in [-0.2, -0.15) is 5.26 Å². The summed E-state index contributed by atoms with van der Waals surface area (Å²) < 4.78 is 9.24. The van der Waals surface area contributed by atoms with Crippen LogP contribution >= 0.6 is 11.8 Å². The Morgan fingerprint density at radius 1 is 1.25 bits per heavy atom. The van der Waals surface area contributed by atoms with Gasteiger partial charge < -0.3 is 13.4 Å². The Bertz CT molecular complexity index is 1040. The fourth-order valence-electron chi connectivity index (χ4n) is 2.62. The summed E-state index contributed by atoms with van der Waals surface area (Å²) in [6.45, 7) is 0. The fraction of sp³-hybridized carbons (Fsp3) is 0.118. The zero-order chi connectivity index (χ0) is 16.5. The largest absolute Gasteiger partial charge is 0.461 e. The lowest BCUT2D eigenvalue weighted by molar-refractivity contribution is 0.572. The van der Waals surface area contributed by atoms with Gasteiger partial charge in [-0.05, 0) is 29.8 Å². The number of fused-ring (bicyclic) bond motifs is 1. The number of hydrogen-bond acceptors (Lipinski definition) is 5. The lowest BCUT2D eigenvalue weighted by Gasteiger charge is -2.01. The molecule has 24 heavy (non-hydrogen) atoms. The molecule has 0 aliphatic heterocycles. The highest BCUT2D eigenvalue weighted by atomic mass is 32.2. The predicted octanol–water partition coefficient (Wildman–Crippen LogP) is 3.49. The summed E-state index contributed by atoms with van der Waals surface area (Å²) in [7, 11) is 1.90. The minimum Gasteiger partial charge on any atom is -0.461 e. The Labute approximate surface area is 142 Å². The molecule has 0 bridgehead atoms. The second-order valence-electron chi connectivity index (χ2n) is 5.27. The maximum absolute atomic E-state index is 9.47. The summed E-state index contributed by atoms with van der Waals surface area (Å²) in [5, 5.41) is 18.7. The Morgan fingerprint density at radius 3 is 2.96 bits per heavy atom. The third-order valence-corrected chi connectivity index (χ3v) is 4.88. The van der Waals surface area contributed by atoms with E-state index < -0.39 is 0 Å². The number of rotatable bonds is 4.